The van der Waals surface area contributed by atoms with Crippen LogP contribution >= 0.6 is 0 Å². The zero-order chi connectivity index (χ0) is 17.3. The van der Waals surface area contributed by atoms with Crippen molar-refractivity contribution in [1.82, 2.24) is 5.32 Å². The Bertz CT molecular complexity index is 686. The first-order valence-electron chi connectivity index (χ1n) is 8.60. The van der Waals surface area contributed by atoms with Crippen LogP contribution in [0.4, 0.5) is 11.4 Å². The Labute approximate surface area is 149 Å². The summed E-state index contributed by atoms with van der Waals surface area (Å²) in [6.45, 7) is 3.51. The Hall–Kier alpha value is -2.50. The molecule has 0 atom stereocenters. The molecule has 0 aromatic heterocycles. The summed E-state index contributed by atoms with van der Waals surface area (Å²) in [7, 11) is 0. The molecule has 5 heteroatoms. The number of nitrogen functional groups attached to an aromatic ring is 1. The number of nitrogens with zero attached hydrogens (tertiary/aromatic N) is 1. The minimum Gasteiger partial charge on any atom is -0.494 e. The number of rotatable bonds is 9. The first-order chi connectivity index (χ1) is 12.3. The van der Waals surface area contributed by atoms with Crippen LogP contribution in [-0.4, -0.2) is 33.2 Å². The fraction of sp³-hybridized carbons (Fsp3) is 0.300. The Balaban J connectivity index is 1.26. The Morgan fingerprint density at radius 3 is 2.76 bits per heavy atom. The molecule has 0 spiro atoms. The number of para-hydroxylation sites is 1. The maximum atomic E-state index is 5.64. The molecule has 1 heterocycles. The van der Waals surface area contributed by atoms with Crippen LogP contribution in [0.5, 0.6) is 5.75 Å². The van der Waals surface area contributed by atoms with Gasteiger partial charge in [0.25, 0.3) is 0 Å². The van der Waals surface area contributed by atoms with Gasteiger partial charge in [-0.3, -0.25) is 5.32 Å². The molecule has 2 aromatic carbocycles. The number of fused-ring (bicyclic) bond motifs is 1. The Kier molecular flexibility index (Phi) is 6.31. The topological polar surface area (TPSA) is 59.8 Å². The number of ether oxygens (including phenoxy) is 2. The van der Waals surface area contributed by atoms with Crippen molar-refractivity contribution in [3.8, 4) is 5.75 Å². The molecular weight excluding hydrogens is 314 g/mol. The van der Waals surface area contributed by atoms with Crippen LogP contribution in [-0.2, 0) is 4.74 Å². The monoisotopic (exact) mass is 339 g/mol. The number of anilines is 2. The van der Waals surface area contributed by atoms with Gasteiger partial charge in [-0.15, -0.1) is 0 Å². The van der Waals surface area contributed by atoms with Gasteiger partial charge in [0, 0.05) is 24.3 Å². The summed E-state index contributed by atoms with van der Waals surface area (Å²) < 4.78 is 11.2. The minimum atomic E-state index is 0.532. The SMILES string of the molecule is Nc1ccc(OCCCOCNCN2CC=Cc3ccccc32)cc1. The predicted octanol–water partition coefficient (Wildman–Crippen LogP) is 3.09. The van der Waals surface area contributed by atoms with Crippen LogP contribution in [0.2, 0.25) is 0 Å². The maximum Gasteiger partial charge on any atom is 0.119 e. The average Bonchev–Trinajstić information content (AvgIpc) is 2.65. The van der Waals surface area contributed by atoms with Gasteiger partial charge in [-0.1, -0.05) is 30.4 Å². The highest BCUT2D eigenvalue weighted by atomic mass is 16.5. The van der Waals surface area contributed by atoms with Crippen molar-refractivity contribution in [2.75, 3.05) is 43.8 Å². The van der Waals surface area contributed by atoms with Crippen LogP contribution in [0, 0.1) is 0 Å². The van der Waals surface area contributed by atoms with Crippen LogP contribution in [0.3, 0.4) is 0 Å². The Morgan fingerprint density at radius 2 is 1.88 bits per heavy atom. The summed E-state index contributed by atoms with van der Waals surface area (Å²) in [5, 5.41) is 3.33. The molecule has 3 N–H and O–H groups in total. The van der Waals surface area contributed by atoms with E-state index in [-0.39, 0.29) is 0 Å². The first-order valence-corrected chi connectivity index (χ1v) is 8.60. The molecule has 3 rings (SSSR count). The molecule has 0 saturated heterocycles. The normalized spacial score (nSPS) is 12.9. The van der Waals surface area contributed by atoms with E-state index in [4.69, 9.17) is 15.2 Å². The largest absolute Gasteiger partial charge is 0.494 e. The third kappa shape index (κ3) is 5.24. The standard InChI is InChI=1S/C20H25N3O2/c21-18-8-10-19(11-9-18)25-14-4-13-24-16-22-15-23-12-3-6-17-5-1-2-7-20(17)23/h1-3,5-11,22H,4,12-16,21H2. The van der Waals surface area contributed by atoms with Crippen LogP contribution < -0.4 is 20.7 Å². The molecule has 25 heavy (non-hydrogen) atoms. The number of hydrogen-bond acceptors (Lipinski definition) is 5. The molecule has 0 radical (unpaired) electrons. The van der Waals surface area contributed by atoms with E-state index in [0.717, 1.165) is 31.1 Å². The molecule has 0 saturated carbocycles. The van der Waals surface area contributed by atoms with Crippen molar-refractivity contribution in [3.05, 3.63) is 60.2 Å². The van der Waals surface area contributed by atoms with E-state index in [1.54, 1.807) is 0 Å². The van der Waals surface area contributed by atoms with Crippen molar-refractivity contribution >= 4 is 17.5 Å². The molecule has 0 unspecified atom stereocenters. The molecule has 132 valence electrons. The maximum absolute atomic E-state index is 5.64. The average molecular weight is 339 g/mol. The molecule has 0 bridgehead atoms. The summed E-state index contributed by atoms with van der Waals surface area (Å²) in [5.41, 5.74) is 8.90. The Morgan fingerprint density at radius 1 is 1.04 bits per heavy atom. The second-order valence-electron chi connectivity index (χ2n) is 5.92. The van der Waals surface area contributed by atoms with Gasteiger partial charge in [-0.25, -0.2) is 0 Å². The quantitative estimate of drug-likeness (QED) is 0.418. The summed E-state index contributed by atoms with van der Waals surface area (Å²) in [5.74, 6) is 0.837. The van der Waals surface area contributed by atoms with Crippen molar-refractivity contribution in [3.63, 3.8) is 0 Å². The van der Waals surface area contributed by atoms with Crippen molar-refractivity contribution in [2.24, 2.45) is 0 Å². The highest BCUT2D eigenvalue weighted by Crippen LogP contribution is 2.24. The fourth-order valence-electron chi connectivity index (χ4n) is 2.71. The second kappa shape index (κ2) is 9.11. The summed E-state index contributed by atoms with van der Waals surface area (Å²) in [4.78, 5) is 2.29. The number of nitrogens with two attached hydrogens (primary N) is 1. The lowest BCUT2D eigenvalue weighted by molar-refractivity contribution is 0.104. The smallest absolute Gasteiger partial charge is 0.119 e. The lowest BCUT2D eigenvalue weighted by Gasteiger charge is -2.28. The number of nitrogens with one attached hydrogen (secondary N) is 1. The summed E-state index contributed by atoms with van der Waals surface area (Å²) in [6.07, 6.45) is 5.20. The van der Waals surface area contributed by atoms with Gasteiger partial charge in [0.2, 0.25) is 0 Å². The molecule has 5 nitrogen and oxygen atoms in total. The third-order valence-electron chi connectivity index (χ3n) is 3.99. The van der Waals surface area contributed by atoms with Gasteiger partial charge >= 0.3 is 0 Å². The molecule has 0 fully saturated rings. The minimum absolute atomic E-state index is 0.532. The molecule has 0 amide bonds. The van der Waals surface area contributed by atoms with Gasteiger partial charge in [-0.2, -0.15) is 0 Å². The first kappa shape index (κ1) is 17.3. The molecule has 1 aliphatic rings. The molecular formula is C20H25N3O2. The summed E-state index contributed by atoms with van der Waals surface area (Å²) in [6, 6.07) is 15.8. The predicted molar refractivity (Wildman–Crippen MR) is 103 cm³/mol. The third-order valence-corrected chi connectivity index (χ3v) is 3.99. The van der Waals surface area contributed by atoms with Gasteiger partial charge in [-0.05, 0) is 35.9 Å². The van der Waals surface area contributed by atoms with Crippen LogP contribution in [0.15, 0.2) is 54.6 Å². The van der Waals surface area contributed by atoms with Gasteiger partial charge < -0.3 is 20.1 Å². The second-order valence-corrected chi connectivity index (χ2v) is 5.92. The van der Waals surface area contributed by atoms with E-state index >= 15 is 0 Å². The lowest BCUT2D eigenvalue weighted by Crippen LogP contribution is -2.37. The van der Waals surface area contributed by atoms with Crippen LogP contribution in [0.25, 0.3) is 6.08 Å². The van der Waals surface area contributed by atoms with E-state index in [0.29, 0.717) is 19.9 Å². The zero-order valence-electron chi connectivity index (χ0n) is 14.4. The molecule has 1 aliphatic heterocycles. The molecule has 2 aromatic rings. The van der Waals surface area contributed by atoms with Crippen molar-refractivity contribution in [2.45, 2.75) is 6.42 Å². The van der Waals surface area contributed by atoms with Crippen LogP contribution in [0.1, 0.15) is 12.0 Å². The number of hydrogen-bond donors (Lipinski definition) is 2. The van der Waals surface area contributed by atoms with Crippen molar-refractivity contribution < 1.29 is 9.47 Å². The van der Waals surface area contributed by atoms with Gasteiger partial charge in [0.05, 0.1) is 26.6 Å². The summed E-state index contributed by atoms with van der Waals surface area (Å²) >= 11 is 0. The van der Waals surface area contributed by atoms with Gasteiger partial charge in [0.15, 0.2) is 0 Å². The van der Waals surface area contributed by atoms with E-state index in [2.05, 4.69) is 46.6 Å². The fourth-order valence-corrected chi connectivity index (χ4v) is 2.71. The highest BCUT2D eigenvalue weighted by Gasteiger charge is 2.11. The van der Waals surface area contributed by atoms with Gasteiger partial charge in [0.1, 0.15) is 5.75 Å². The van der Waals surface area contributed by atoms with E-state index < -0.39 is 0 Å². The van der Waals surface area contributed by atoms with Crippen molar-refractivity contribution in [1.29, 1.82) is 0 Å². The number of benzene rings is 2. The van der Waals surface area contributed by atoms with E-state index in [1.807, 2.05) is 24.3 Å². The van der Waals surface area contributed by atoms with E-state index in [1.165, 1.54) is 11.3 Å². The zero-order valence-corrected chi connectivity index (χ0v) is 14.4. The highest BCUT2D eigenvalue weighted by molar-refractivity contribution is 5.71. The van der Waals surface area contributed by atoms with E-state index in [9.17, 15) is 0 Å². The lowest BCUT2D eigenvalue weighted by atomic mass is 10.1. The molecule has 0 aliphatic carbocycles.